The van der Waals surface area contributed by atoms with Crippen LogP contribution in [-0.2, 0) is 41.6 Å². The Bertz CT molecular complexity index is 1550. The third-order valence-electron chi connectivity index (χ3n) is 9.92. The Labute approximate surface area is 260 Å². The molecular formula is C38H40N2O4. The second-order valence-electron chi connectivity index (χ2n) is 14.4. The molecular weight excluding hydrogens is 548 g/mol. The van der Waals surface area contributed by atoms with Crippen LogP contribution in [0.2, 0.25) is 0 Å². The summed E-state index contributed by atoms with van der Waals surface area (Å²) in [5.41, 5.74) is 1.26. The van der Waals surface area contributed by atoms with Gasteiger partial charge in [0.25, 0.3) is 0 Å². The van der Waals surface area contributed by atoms with Gasteiger partial charge in [0.15, 0.2) is 12.5 Å². The summed E-state index contributed by atoms with van der Waals surface area (Å²) in [6.07, 6.45) is -1.17. The van der Waals surface area contributed by atoms with Crippen molar-refractivity contribution in [1.82, 2.24) is 10.1 Å². The van der Waals surface area contributed by atoms with Gasteiger partial charge in [-0.05, 0) is 52.7 Å². The average Bonchev–Trinajstić information content (AvgIpc) is 3.68. The molecule has 4 heterocycles. The zero-order valence-electron chi connectivity index (χ0n) is 26.2. The van der Waals surface area contributed by atoms with Gasteiger partial charge in [0.2, 0.25) is 11.6 Å². The molecule has 0 spiro atoms. The summed E-state index contributed by atoms with van der Waals surface area (Å²) in [7, 11) is 0. The van der Waals surface area contributed by atoms with Gasteiger partial charge in [-0.15, -0.1) is 0 Å². The highest BCUT2D eigenvalue weighted by Gasteiger charge is 2.97. The number of hydrogen-bond acceptors (Lipinski definition) is 6. The smallest absolute Gasteiger partial charge is 0.230 e. The van der Waals surface area contributed by atoms with Gasteiger partial charge in [0.1, 0.15) is 10.8 Å². The van der Waals surface area contributed by atoms with Crippen molar-refractivity contribution in [2.75, 3.05) is 0 Å². The second kappa shape index (κ2) is 9.10. The molecule has 0 bridgehead atoms. The van der Waals surface area contributed by atoms with Crippen LogP contribution in [0.25, 0.3) is 0 Å². The van der Waals surface area contributed by atoms with Gasteiger partial charge in [-0.3, -0.25) is 9.68 Å². The van der Waals surface area contributed by atoms with E-state index in [2.05, 4.69) is 151 Å². The first kappa shape index (κ1) is 28.1. The zero-order chi connectivity index (χ0) is 30.6. The Kier molecular flexibility index (Phi) is 5.82. The van der Waals surface area contributed by atoms with Crippen LogP contribution in [0.4, 0.5) is 0 Å². The Morgan fingerprint density at radius 2 is 0.705 bits per heavy atom. The first-order chi connectivity index (χ1) is 21.0. The lowest BCUT2D eigenvalue weighted by Gasteiger charge is -2.46. The molecule has 4 aromatic carbocycles. The highest BCUT2D eigenvalue weighted by atomic mass is 16.9. The number of hydrogen-bond donors (Lipinski definition) is 0. The van der Waals surface area contributed by atoms with Crippen molar-refractivity contribution >= 4 is 0 Å². The molecule has 226 valence electrons. The standard InChI is InChI=1S/C38H40N2O4/c1-33(2,3)39-31-35(27-19-11-7-12-20-27)36(28-21-13-8-14-22-28)32(42-37(35,43-39)29-23-15-9-16-24-29)40(34(4,5)6)44-38(36,41-31)30-25-17-10-18-26-30/h7-26,31-32H,1-6H3/t31-,32+,35-,36+,37-,38+. The number of benzene rings is 4. The van der Waals surface area contributed by atoms with Crippen molar-refractivity contribution in [2.45, 2.75) is 87.5 Å². The lowest BCUT2D eigenvalue weighted by atomic mass is 9.50. The van der Waals surface area contributed by atoms with E-state index in [0.29, 0.717) is 0 Å². The molecule has 6 nitrogen and oxygen atoms in total. The lowest BCUT2D eigenvalue weighted by molar-refractivity contribution is -0.424. The monoisotopic (exact) mass is 588 g/mol. The Morgan fingerprint density at radius 1 is 0.432 bits per heavy atom. The Morgan fingerprint density at radius 3 is 0.977 bits per heavy atom. The van der Waals surface area contributed by atoms with Gasteiger partial charge in [0, 0.05) is 22.2 Å². The summed E-state index contributed by atoms with van der Waals surface area (Å²) < 4.78 is 15.3. The van der Waals surface area contributed by atoms with Crippen LogP contribution in [0, 0.1) is 0 Å². The molecule has 0 radical (unpaired) electrons. The summed E-state index contributed by atoms with van der Waals surface area (Å²) in [4.78, 5) is 14.7. The quantitative estimate of drug-likeness (QED) is 0.248. The van der Waals surface area contributed by atoms with Gasteiger partial charge in [0.05, 0.1) is 0 Å². The van der Waals surface area contributed by atoms with Crippen molar-refractivity contribution in [2.24, 2.45) is 0 Å². The van der Waals surface area contributed by atoms with E-state index < -0.39 is 45.9 Å². The summed E-state index contributed by atoms with van der Waals surface area (Å²) in [6, 6.07) is 42.2. The van der Waals surface area contributed by atoms with Crippen molar-refractivity contribution in [3.63, 3.8) is 0 Å². The minimum absolute atomic E-state index is 0.449. The predicted octanol–water partition coefficient (Wildman–Crippen LogP) is 7.37. The van der Waals surface area contributed by atoms with E-state index >= 15 is 0 Å². The molecule has 0 saturated carbocycles. The molecule has 0 N–H and O–H groups in total. The van der Waals surface area contributed by atoms with E-state index in [1.165, 1.54) is 0 Å². The van der Waals surface area contributed by atoms with Crippen LogP contribution in [0.1, 0.15) is 63.8 Å². The van der Waals surface area contributed by atoms with Gasteiger partial charge in [-0.2, -0.15) is 10.1 Å². The van der Waals surface area contributed by atoms with Gasteiger partial charge in [-0.25, -0.2) is 0 Å². The summed E-state index contributed by atoms with van der Waals surface area (Å²) >= 11 is 0. The molecule has 0 aromatic heterocycles. The minimum atomic E-state index is -1.27. The van der Waals surface area contributed by atoms with Crippen LogP contribution < -0.4 is 0 Å². The molecule has 0 unspecified atom stereocenters. The molecule has 0 amide bonds. The molecule has 4 aromatic rings. The fraction of sp³-hybridized carbons (Fsp3) is 0.368. The predicted molar refractivity (Wildman–Crippen MR) is 168 cm³/mol. The van der Waals surface area contributed by atoms with Crippen molar-refractivity contribution in [1.29, 1.82) is 0 Å². The molecule has 4 fully saturated rings. The maximum absolute atomic E-state index is 7.67. The molecule has 6 heteroatoms. The molecule has 4 saturated heterocycles. The first-order valence-electron chi connectivity index (χ1n) is 15.6. The van der Waals surface area contributed by atoms with Crippen LogP contribution in [0.5, 0.6) is 0 Å². The maximum Gasteiger partial charge on any atom is 0.230 e. The number of rotatable bonds is 4. The normalized spacial score (nSPS) is 34.9. The van der Waals surface area contributed by atoms with Crippen molar-refractivity contribution in [3.05, 3.63) is 144 Å². The van der Waals surface area contributed by atoms with E-state index in [-0.39, 0.29) is 0 Å². The maximum atomic E-state index is 7.67. The largest absolute Gasteiger partial charge is 0.321 e. The van der Waals surface area contributed by atoms with E-state index in [1.54, 1.807) is 0 Å². The van der Waals surface area contributed by atoms with Crippen molar-refractivity contribution in [3.8, 4) is 0 Å². The number of ether oxygens (including phenoxy) is 2. The van der Waals surface area contributed by atoms with Gasteiger partial charge in [-0.1, -0.05) is 121 Å². The Hall–Kier alpha value is -3.36. The molecule has 0 aliphatic carbocycles. The van der Waals surface area contributed by atoms with E-state index in [0.717, 1.165) is 22.3 Å². The highest BCUT2D eigenvalue weighted by molar-refractivity contribution is 5.57. The summed E-state index contributed by atoms with van der Waals surface area (Å²) in [5.74, 6) is -2.53. The average molecular weight is 589 g/mol. The van der Waals surface area contributed by atoms with Gasteiger partial charge < -0.3 is 9.47 Å². The summed E-state index contributed by atoms with van der Waals surface area (Å²) in [6.45, 7) is 13.0. The van der Waals surface area contributed by atoms with E-state index in [4.69, 9.17) is 19.1 Å². The van der Waals surface area contributed by atoms with Crippen LogP contribution in [-0.4, -0.2) is 33.7 Å². The molecule has 6 atom stereocenters. The molecule has 4 aliphatic heterocycles. The second-order valence-corrected chi connectivity index (χ2v) is 14.4. The van der Waals surface area contributed by atoms with Crippen LogP contribution in [0.15, 0.2) is 121 Å². The lowest BCUT2D eigenvalue weighted by Crippen LogP contribution is -2.61. The molecule has 44 heavy (non-hydrogen) atoms. The third-order valence-corrected chi connectivity index (χ3v) is 9.92. The fourth-order valence-corrected chi connectivity index (χ4v) is 8.43. The van der Waals surface area contributed by atoms with Crippen LogP contribution >= 0.6 is 0 Å². The SMILES string of the molecule is CC(C)(C)N1O[C@]2(c3ccccc3)O[C@H]3N(C(C)(C)C)O[C@@]4(c5ccccc5)O[C@H]1[C@@]2(c1ccccc1)[C@@]34c1ccccc1. The number of hydroxylamine groups is 4. The molecule has 8 rings (SSSR count). The van der Waals surface area contributed by atoms with E-state index in [9.17, 15) is 0 Å². The first-order valence-corrected chi connectivity index (χ1v) is 15.6. The number of nitrogens with zero attached hydrogens (tertiary/aromatic N) is 2. The minimum Gasteiger partial charge on any atom is -0.321 e. The van der Waals surface area contributed by atoms with Crippen molar-refractivity contribution < 1.29 is 19.1 Å². The summed E-state index contributed by atoms with van der Waals surface area (Å²) in [5, 5.41) is 4.06. The zero-order valence-corrected chi connectivity index (χ0v) is 26.2. The molecule has 4 aliphatic rings. The Balaban J connectivity index is 1.61. The topological polar surface area (TPSA) is 43.4 Å². The van der Waals surface area contributed by atoms with E-state index in [1.807, 2.05) is 22.3 Å². The fourth-order valence-electron chi connectivity index (χ4n) is 8.43. The van der Waals surface area contributed by atoms with Crippen LogP contribution in [0.3, 0.4) is 0 Å². The van der Waals surface area contributed by atoms with Gasteiger partial charge >= 0.3 is 0 Å². The third kappa shape index (κ3) is 3.16. The highest BCUT2D eigenvalue weighted by Crippen LogP contribution is 2.82.